The number of nitrogens with one attached hydrogen (secondary N) is 5. The van der Waals surface area contributed by atoms with Gasteiger partial charge in [-0.15, -0.1) is 22.7 Å². The number of ether oxygens (including phenoxy) is 4. The third kappa shape index (κ3) is 16.6. The number of carbonyl (C=O) groups excluding carboxylic acids is 4. The number of thiazole rings is 2. The number of rotatable bonds is 29. The Labute approximate surface area is 436 Å². The van der Waals surface area contributed by atoms with E-state index in [2.05, 4.69) is 50.4 Å². The van der Waals surface area contributed by atoms with Gasteiger partial charge in [0, 0.05) is 53.3 Å². The summed E-state index contributed by atoms with van der Waals surface area (Å²) in [6.07, 6.45) is 8.38. The molecule has 18 nitrogen and oxygen atoms in total. The van der Waals surface area contributed by atoms with Gasteiger partial charge in [-0.25, -0.2) is 15.0 Å². The average Bonchev–Trinajstić information content (AvgIpc) is 4.23. The number of ketones is 1. The number of likely N-dealkylation sites (N-methyl/N-ethyl adjacent to an activating group) is 1. The Morgan fingerprint density at radius 1 is 0.781 bits per heavy atom. The van der Waals surface area contributed by atoms with E-state index in [1.165, 1.54) is 22.7 Å². The van der Waals surface area contributed by atoms with Crippen molar-refractivity contribution in [2.75, 3.05) is 83.6 Å². The molecule has 5 aromatic rings. The number of hydrogen-bond acceptors (Lipinski definition) is 17. The summed E-state index contributed by atoms with van der Waals surface area (Å²) >= 11 is 2.93. The van der Waals surface area contributed by atoms with E-state index in [4.69, 9.17) is 28.9 Å². The van der Waals surface area contributed by atoms with Crippen molar-refractivity contribution in [3.63, 3.8) is 0 Å². The molecule has 3 atom stereocenters. The first-order chi connectivity index (χ1) is 35.6. The van der Waals surface area contributed by atoms with Gasteiger partial charge in [0.25, 0.3) is 5.91 Å². The monoisotopic (exact) mass is 1040 g/mol. The van der Waals surface area contributed by atoms with Crippen LogP contribution in [0.3, 0.4) is 0 Å². The van der Waals surface area contributed by atoms with Crippen molar-refractivity contribution in [2.24, 2.45) is 11.8 Å². The molecule has 2 fully saturated rings. The van der Waals surface area contributed by atoms with Gasteiger partial charge in [0.2, 0.25) is 23.5 Å². The third-order valence-electron chi connectivity index (χ3n) is 12.7. The van der Waals surface area contributed by atoms with Gasteiger partial charge >= 0.3 is 0 Å². The van der Waals surface area contributed by atoms with Crippen LogP contribution in [-0.4, -0.2) is 133 Å². The molecule has 1 saturated carbocycles. The normalized spacial score (nSPS) is 15.7. The smallest absolute Gasteiger partial charge is 0.251 e. The number of aromatic nitrogens is 4. The molecule has 4 heterocycles. The number of likely N-dealkylation sites (tertiary alicyclic amines) is 1. The van der Waals surface area contributed by atoms with Crippen molar-refractivity contribution in [1.82, 2.24) is 40.8 Å². The first-order valence-electron chi connectivity index (χ1n) is 25.4. The zero-order valence-corrected chi connectivity index (χ0v) is 44.0. The SMILES string of the molecule is CNC(C)C(=O)NC(C(=O)N1CCCC1c1nc(C(=O)c2cccc(OCCOCCOCCOCCNC(=O)c3ccc(-c4nc(CNc5nccc(NCC(C)C)n5)cs4)cc3)c2)cs1)C1CCCCC1. The molecule has 0 radical (unpaired) electrons. The van der Waals surface area contributed by atoms with Gasteiger partial charge in [0.05, 0.1) is 64.0 Å². The largest absolute Gasteiger partial charge is 0.491 e. The Morgan fingerprint density at radius 3 is 2.29 bits per heavy atom. The van der Waals surface area contributed by atoms with Crippen LogP contribution in [-0.2, 0) is 30.3 Å². The van der Waals surface area contributed by atoms with Gasteiger partial charge < -0.3 is 50.4 Å². The highest BCUT2D eigenvalue weighted by Crippen LogP contribution is 2.37. The second-order valence-electron chi connectivity index (χ2n) is 18.6. The van der Waals surface area contributed by atoms with E-state index in [-0.39, 0.29) is 42.1 Å². The lowest BCUT2D eigenvalue weighted by molar-refractivity contribution is -0.139. The van der Waals surface area contributed by atoms with E-state index in [0.29, 0.717) is 93.7 Å². The van der Waals surface area contributed by atoms with Crippen molar-refractivity contribution in [2.45, 2.75) is 90.4 Å². The van der Waals surface area contributed by atoms with Crippen LogP contribution in [0.2, 0.25) is 0 Å². The molecule has 20 heteroatoms. The van der Waals surface area contributed by atoms with Crippen molar-refractivity contribution in [3.8, 4) is 16.3 Å². The van der Waals surface area contributed by atoms with E-state index in [1.54, 1.807) is 61.9 Å². The zero-order chi connectivity index (χ0) is 51.4. The molecule has 3 aromatic heterocycles. The predicted molar refractivity (Wildman–Crippen MR) is 283 cm³/mol. The van der Waals surface area contributed by atoms with E-state index < -0.39 is 12.1 Å². The van der Waals surface area contributed by atoms with E-state index >= 15 is 0 Å². The van der Waals surface area contributed by atoms with Crippen LogP contribution in [0.25, 0.3) is 10.6 Å². The molecule has 5 N–H and O–H groups in total. The number of carbonyl (C=O) groups is 4. The van der Waals surface area contributed by atoms with Crippen molar-refractivity contribution in [1.29, 1.82) is 0 Å². The molecule has 0 bridgehead atoms. The summed E-state index contributed by atoms with van der Waals surface area (Å²) in [7, 11) is 1.74. The number of hydrogen-bond donors (Lipinski definition) is 5. The average molecular weight is 1040 g/mol. The minimum Gasteiger partial charge on any atom is -0.491 e. The maximum atomic E-state index is 14.2. The van der Waals surface area contributed by atoms with Crippen molar-refractivity contribution in [3.05, 3.63) is 99.1 Å². The summed E-state index contributed by atoms with van der Waals surface area (Å²) in [5.41, 5.74) is 3.13. The fourth-order valence-electron chi connectivity index (χ4n) is 8.55. The van der Waals surface area contributed by atoms with Gasteiger partial charge in [0.1, 0.15) is 39.9 Å². The van der Waals surface area contributed by atoms with Crippen LogP contribution in [0.15, 0.2) is 71.6 Å². The Morgan fingerprint density at radius 2 is 1.53 bits per heavy atom. The van der Waals surface area contributed by atoms with Crippen molar-refractivity contribution < 1.29 is 38.1 Å². The Kier molecular flexibility index (Phi) is 21.4. The zero-order valence-electron chi connectivity index (χ0n) is 42.4. The predicted octanol–water partition coefficient (Wildman–Crippen LogP) is 7.16. The van der Waals surface area contributed by atoms with Crippen LogP contribution >= 0.6 is 22.7 Å². The van der Waals surface area contributed by atoms with Gasteiger partial charge in [0.15, 0.2) is 0 Å². The lowest BCUT2D eigenvalue weighted by Gasteiger charge is -2.35. The van der Waals surface area contributed by atoms with Crippen LogP contribution < -0.4 is 31.3 Å². The molecule has 2 aromatic carbocycles. The number of anilines is 2. The highest BCUT2D eigenvalue weighted by Gasteiger charge is 2.40. The van der Waals surface area contributed by atoms with Crippen molar-refractivity contribution >= 4 is 57.9 Å². The quantitative estimate of drug-likeness (QED) is 0.0237. The standard InChI is InChI=1S/C53H70N10O8S2/c1-35(2)31-57-45-19-20-56-53(61-45)58-32-41-33-72-50(59-41)39-17-15-38(16-18-39)49(66)55-21-23-68-24-25-69-26-27-70-28-29-71-42-13-8-12-40(30-42)47(64)43-34-73-51(60-43)44-14-9-22-63(44)52(67)46(37-10-6-5-7-11-37)62-48(65)36(3)54-4/h8,12-13,15-20,30,33-37,44,46,54H,5-7,9-11,14,21-29,31-32H2,1-4H3,(H,55,66)(H,62,65)(H2,56,57,58,61). The summed E-state index contributed by atoms with van der Waals surface area (Å²) in [6, 6.07) is 15.0. The third-order valence-corrected chi connectivity index (χ3v) is 14.6. The highest BCUT2D eigenvalue weighted by atomic mass is 32.1. The van der Waals surface area contributed by atoms with Crippen LogP contribution in [0.5, 0.6) is 5.75 Å². The molecule has 7 rings (SSSR count). The maximum absolute atomic E-state index is 14.2. The maximum Gasteiger partial charge on any atom is 0.251 e. The Bertz CT molecular complexity index is 2530. The summed E-state index contributed by atoms with van der Waals surface area (Å²) in [4.78, 5) is 73.7. The molecular formula is C53H70N10O8S2. The molecule has 0 spiro atoms. The van der Waals surface area contributed by atoms with E-state index in [1.807, 2.05) is 28.5 Å². The van der Waals surface area contributed by atoms with Crippen LogP contribution in [0.1, 0.15) is 109 Å². The Hall–Kier alpha value is -5.90. The summed E-state index contributed by atoms with van der Waals surface area (Å²) in [5, 5.41) is 20.8. The lowest BCUT2D eigenvalue weighted by Crippen LogP contribution is -2.55. The molecular weight excluding hydrogens is 969 g/mol. The van der Waals surface area contributed by atoms with E-state index in [0.717, 1.165) is 78.6 Å². The molecule has 73 heavy (non-hydrogen) atoms. The molecule has 392 valence electrons. The molecule has 1 saturated heterocycles. The molecule has 1 aliphatic heterocycles. The number of amides is 3. The summed E-state index contributed by atoms with van der Waals surface area (Å²) in [5.74, 6) is 1.81. The molecule has 3 amide bonds. The van der Waals surface area contributed by atoms with Gasteiger partial charge in [-0.3, -0.25) is 19.2 Å². The van der Waals surface area contributed by atoms with Gasteiger partial charge in [-0.1, -0.05) is 57.4 Å². The fraction of sp³-hybridized carbons (Fsp3) is 0.509. The minimum absolute atomic E-state index is 0.0614. The Balaban J connectivity index is 0.734. The first-order valence-corrected chi connectivity index (χ1v) is 27.2. The molecule has 1 aliphatic carbocycles. The van der Waals surface area contributed by atoms with Crippen LogP contribution in [0.4, 0.5) is 11.8 Å². The van der Waals surface area contributed by atoms with Gasteiger partial charge in [-0.05, 0) is 81.8 Å². The molecule has 2 aliphatic rings. The van der Waals surface area contributed by atoms with Crippen LogP contribution in [0, 0.1) is 11.8 Å². The second-order valence-corrected chi connectivity index (χ2v) is 20.3. The second kappa shape index (κ2) is 28.5. The topological polar surface area (TPSA) is 220 Å². The van der Waals surface area contributed by atoms with E-state index in [9.17, 15) is 19.2 Å². The highest BCUT2D eigenvalue weighted by molar-refractivity contribution is 7.13. The fourth-order valence-corrected chi connectivity index (χ4v) is 10.3. The lowest BCUT2D eigenvalue weighted by atomic mass is 9.83. The first kappa shape index (κ1) is 54.9. The van der Waals surface area contributed by atoms with Gasteiger partial charge in [-0.2, -0.15) is 4.98 Å². The summed E-state index contributed by atoms with van der Waals surface area (Å²) < 4.78 is 22.8. The minimum atomic E-state index is -0.583. The number of benzene rings is 2. The molecule has 3 unspecified atom stereocenters. The number of nitrogens with zero attached hydrogens (tertiary/aromatic N) is 5. The summed E-state index contributed by atoms with van der Waals surface area (Å²) in [6.45, 7) is 10.8.